The van der Waals surface area contributed by atoms with Crippen LogP contribution in [0.2, 0.25) is 0 Å². The van der Waals surface area contributed by atoms with Gasteiger partial charge in [0.2, 0.25) is 0 Å². The molecular weight excluding hydrogens is 253 g/mol. The molecule has 0 fully saturated rings. The maximum absolute atomic E-state index is 10.7. The molecule has 11 heteroatoms. The number of nitrogens with zero attached hydrogens (tertiary/aromatic N) is 1. The van der Waals surface area contributed by atoms with Gasteiger partial charge in [0.1, 0.15) is 0 Å². The molecule has 3 N–H and O–H groups in total. The summed E-state index contributed by atoms with van der Waals surface area (Å²) in [6.45, 7) is 0. The first-order valence-corrected chi connectivity index (χ1v) is 3.70. The second kappa shape index (κ2) is 7.17. The molecule has 0 aliphatic carbocycles. The summed E-state index contributed by atoms with van der Waals surface area (Å²) in [7, 11) is 0. The van der Waals surface area contributed by atoms with Gasteiger partial charge in [-0.05, 0) is 0 Å². The number of hydrogen-bond donors (Lipinski definition) is 3. The molecule has 10 nitrogen and oxygen atoms in total. The molecule has 92 valence electrons. The van der Waals surface area contributed by atoms with Crippen molar-refractivity contribution in [2.24, 2.45) is 0 Å². The average Bonchev–Trinajstić information content (AvgIpc) is 1.98. The van der Waals surface area contributed by atoms with Crippen molar-refractivity contribution >= 4 is 47.5 Å². The summed E-state index contributed by atoms with van der Waals surface area (Å²) >= 11 is 0. The van der Waals surface area contributed by atoms with Gasteiger partial charge >= 0.3 is 52.6 Å². The van der Waals surface area contributed by atoms with Crippen molar-refractivity contribution in [1.29, 1.82) is 0 Å². The molecule has 0 heterocycles. The van der Waals surface area contributed by atoms with Crippen molar-refractivity contribution in [2.75, 3.05) is 0 Å². The van der Waals surface area contributed by atoms with E-state index in [1.54, 1.807) is 0 Å². The van der Waals surface area contributed by atoms with Gasteiger partial charge in [-0.15, -0.1) is 10.1 Å². The van der Waals surface area contributed by atoms with Crippen LogP contribution in [0.25, 0.3) is 0 Å². The molecule has 0 aromatic carbocycles. The zero-order chi connectivity index (χ0) is 12.9. The summed E-state index contributed by atoms with van der Waals surface area (Å²) in [6, 6.07) is 0. The zero-order valence-electron chi connectivity index (χ0n) is 7.65. The number of aliphatic hydroxyl groups is 1. The van der Waals surface area contributed by atoms with Gasteiger partial charge in [-0.3, -0.25) is 9.59 Å². The Hall–Kier alpha value is -1.23. The van der Waals surface area contributed by atoms with Gasteiger partial charge in [-0.25, -0.2) is 9.63 Å². The molecule has 0 aromatic heterocycles. The summed E-state index contributed by atoms with van der Waals surface area (Å²) < 4.78 is 0. The van der Waals surface area contributed by atoms with Gasteiger partial charge < -0.3 is 15.3 Å². The normalized spacial score (nSPS) is 12.8. The first-order chi connectivity index (χ1) is 7.17. The molecule has 0 rings (SSSR count). The summed E-state index contributed by atoms with van der Waals surface area (Å²) in [5, 5.41) is 34.2. The maximum atomic E-state index is 10.7. The third-order valence-electron chi connectivity index (χ3n) is 1.45. The van der Waals surface area contributed by atoms with Crippen LogP contribution in [0.1, 0.15) is 12.8 Å². The first-order valence-electron chi connectivity index (χ1n) is 3.70. The van der Waals surface area contributed by atoms with E-state index in [-0.39, 0.29) is 29.6 Å². The van der Waals surface area contributed by atoms with Crippen LogP contribution in [-0.4, -0.2) is 73.5 Å². The van der Waals surface area contributed by atoms with E-state index in [1.165, 1.54) is 0 Å². The van der Waals surface area contributed by atoms with E-state index in [1.807, 2.05) is 0 Å². The van der Waals surface area contributed by atoms with Crippen molar-refractivity contribution in [3.05, 3.63) is 10.1 Å². The Balaban J connectivity index is 0. The molecule has 0 amide bonds. The fourth-order valence-electron chi connectivity index (χ4n) is 0.818. The summed E-state index contributed by atoms with van der Waals surface area (Å²) in [6.07, 6.45) is -2.62. The van der Waals surface area contributed by atoms with Crippen molar-refractivity contribution in [3.63, 3.8) is 0 Å². The SMILES string of the molecule is O=C(O)CC(O)(CC(=O)O[N+](=O)[O-])C(=O)O.[NaH]. The zero-order valence-corrected chi connectivity index (χ0v) is 7.65. The summed E-state index contributed by atoms with van der Waals surface area (Å²) in [5.74, 6) is -5.33. The van der Waals surface area contributed by atoms with Crippen molar-refractivity contribution in [3.8, 4) is 0 Å². The molecule has 0 aliphatic heterocycles. The van der Waals surface area contributed by atoms with Crippen LogP contribution in [0, 0.1) is 10.1 Å². The van der Waals surface area contributed by atoms with Crippen molar-refractivity contribution < 1.29 is 39.6 Å². The van der Waals surface area contributed by atoms with Crippen LogP contribution in [0.3, 0.4) is 0 Å². The number of carbonyl (C=O) groups excluding carboxylic acids is 1. The number of aliphatic carboxylic acids is 2. The number of carbonyl (C=O) groups is 3. The number of rotatable bonds is 6. The monoisotopic (exact) mass is 261 g/mol. The summed E-state index contributed by atoms with van der Waals surface area (Å²) in [4.78, 5) is 44.4. The first kappa shape index (κ1) is 18.1. The van der Waals surface area contributed by atoms with Gasteiger partial charge in [0.15, 0.2) is 5.60 Å². The van der Waals surface area contributed by atoms with Gasteiger partial charge in [0, 0.05) is 0 Å². The van der Waals surface area contributed by atoms with Crippen molar-refractivity contribution in [2.45, 2.75) is 18.4 Å². The molecule has 1 atom stereocenters. The van der Waals surface area contributed by atoms with Gasteiger partial charge in [-0.1, -0.05) is 0 Å². The summed E-state index contributed by atoms with van der Waals surface area (Å²) in [5.41, 5.74) is -2.93. The molecule has 0 radical (unpaired) electrons. The Morgan fingerprint density at radius 1 is 1.24 bits per heavy atom. The molecule has 0 aromatic rings. The predicted molar refractivity (Wildman–Crippen MR) is 49.7 cm³/mol. The van der Waals surface area contributed by atoms with Gasteiger partial charge in [0.25, 0.3) is 0 Å². The molecule has 1 unspecified atom stereocenters. The molecule has 0 aliphatic rings. The van der Waals surface area contributed by atoms with E-state index in [4.69, 9.17) is 10.2 Å². The van der Waals surface area contributed by atoms with E-state index in [2.05, 4.69) is 4.84 Å². The van der Waals surface area contributed by atoms with Gasteiger partial charge in [0.05, 0.1) is 12.8 Å². The van der Waals surface area contributed by atoms with Crippen LogP contribution in [0.4, 0.5) is 0 Å². The predicted octanol–water partition coefficient (Wildman–Crippen LogP) is -2.25. The fraction of sp³-hybridized carbons (Fsp3) is 0.500. The topological polar surface area (TPSA) is 164 Å². The third-order valence-corrected chi connectivity index (χ3v) is 1.45. The quantitative estimate of drug-likeness (QED) is 0.272. The van der Waals surface area contributed by atoms with E-state index >= 15 is 0 Å². The molecule has 0 saturated carbocycles. The van der Waals surface area contributed by atoms with Crippen LogP contribution in [0.5, 0.6) is 0 Å². The Kier molecular flexibility index (Phi) is 7.65. The minimum absolute atomic E-state index is 0. The standard InChI is InChI=1S/C6H7NO9.Na.H/c8-3(9)1-6(13,5(11)12)2-4(10)16-7(14)15;;/h13H,1-2H2,(H,8,9)(H,11,12);;. The van der Waals surface area contributed by atoms with Crippen LogP contribution >= 0.6 is 0 Å². The van der Waals surface area contributed by atoms with Gasteiger partial charge in [-0.2, -0.15) is 0 Å². The molecule has 0 saturated heterocycles. The molecule has 17 heavy (non-hydrogen) atoms. The van der Waals surface area contributed by atoms with E-state index in [0.717, 1.165) is 0 Å². The second-order valence-electron chi connectivity index (χ2n) is 2.77. The number of carboxylic acid groups (broad SMARTS) is 2. The Labute approximate surface area is 116 Å². The average molecular weight is 261 g/mol. The van der Waals surface area contributed by atoms with E-state index in [0.29, 0.717) is 0 Å². The molecule has 0 bridgehead atoms. The Morgan fingerprint density at radius 3 is 2.00 bits per heavy atom. The second-order valence-corrected chi connectivity index (χ2v) is 2.77. The Bertz CT molecular complexity index is 342. The van der Waals surface area contributed by atoms with Crippen LogP contribution in [0.15, 0.2) is 0 Å². The van der Waals surface area contributed by atoms with Crippen molar-refractivity contribution in [1.82, 2.24) is 0 Å². The molecule has 0 spiro atoms. The van der Waals surface area contributed by atoms with Crippen LogP contribution < -0.4 is 0 Å². The Morgan fingerprint density at radius 2 is 1.71 bits per heavy atom. The van der Waals surface area contributed by atoms with E-state index < -0.39 is 41.4 Å². The number of hydrogen-bond acceptors (Lipinski definition) is 7. The number of carboxylic acids is 2. The molecular formula is C6H8NNaO9. The third kappa shape index (κ3) is 6.84. The van der Waals surface area contributed by atoms with E-state index in [9.17, 15) is 29.6 Å². The van der Waals surface area contributed by atoms with Crippen LogP contribution in [-0.2, 0) is 19.2 Å². The fourth-order valence-corrected chi connectivity index (χ4v) is 0.818. The minimum atomic E-state index is -2.93.